The minimum absolute atomic E-state index is 0.0834. The number of phosphoric ester groups is 2. The number of unbranched alkanes of at least 4 members (excludes halogenated alkanes) is 27. The van der Waals surface area contributed by atoms with Gasteiger partial charge in [-0.15, -0.1) is 0 Å². The van der Waals surface area contributed by atoms with Gasteiger partial charge in [-0.2, -0.15) is 0 Å². The van der Waals surface area contributed by atoms with Crippen LogP contribution < -0.4 is 0 Å². The number of phosphoric acid groups is 2. The Bertz CT molecular complexity index is 1810. The van der Waals surface area contributed by atoms with Gasteiger partial charge >= 0.3 is 39.5 Å². The molecule has 0 radical (unpaired) electrons. The van der Waals surface area contributed by atoms with Crippen LogP contribution in [0.25, 0.3) is 0 Å². The van der Waals surface area contributed by atoms with Crippen molar-refractivity contribution in [1.82, 2.24) is 0 Å². The zero-order chi connectivity index (χ0) is 64.5. The maximum Gasteiger partial charge on any atom is 0.472 e. The maximum absolute atomic E-state index is 13.0. The molecule has 4 unspecified atom stereocenters. The third-order valence-electron chi connectivity index (χ3n) is 15.7. The van der Waals surface area contributed by atoms with Crippen LogP contribution in [-0.4, -0.2) is 96.7 Å². The molecule has 0 aliphatic heterocycles. The number of ether oxygens (including phenoxy) is 4. The van der Waals surface area contributed by atoms with Crippen LogP contribution in [0.4, 0.5) is 0 Å². The van der Waals surface area contributed by atoms with E-state index >= 15 is 0 Å². The highest BCUT2D eigenvalue weighted by Gasteiger charge is 2.30. The number of hydrogen-bond acceptors (Lipinski definition) is 15. The van der Waals surface area contributed by atoms with E-state index in [-0.39, 0.29) is 25.7 Å². The van der Waals surface area contributed by atoms with Crippen LogP contribution in [0, 0.1) is 17.8 Å². The Hall–Kier alpha value is -2.46. The Balaban J connectivity index is 5.30. The van der Waals surface area contributed by atoms with E-state index in [0.29, 0.717) is 25.7 Å². The standard InChI is InChI=1S/C68H128O17P2/c1-8-11-12-13-14-15-16-17-18-19-20-23-26-37-44-51-67(72)84-63(55-78-65(70)49-42-35-30-28-33-40-47-60(6)9-2)57-82-86(74,75)80-53-62(69)54-81-87(76,77)83-58-64(56-79-66(71)50-43-36-31-29-34-41-48-61(7)10-3)85-68(73)52-45-38-27-24-21-22-25-32-39-46-59(4)5/h15-18,59-64,69H,8-14,19-58H2,1-7H3,(H,74,75)(H,76,77)/b16-15-,18-17-/t60?,61?,62-,63+,64+/m0/s1. The highest BCUT2D eigenvalue weighted by Crippen LogP contribution is 2.45. The quantitative estimate of drug-likeness (QED) is 0.0169. The lowest BCUT2D eigenvalue weighted by atomic mass is 10.00. The van der Waals surface area contributed by atoms with E-state index in [9.17, 15) is 43.2 Å². The van der Waals surface area contributed by atoms with Crippen LogP contribution in [0.2, 0.25) is 0 Å². The monoisotopic (exact) mass is 1280 g/mol. The van der Waals surface area contributed by atoms with E-state index in [1.807, 2.05) is 0 Å². The molecule has 512 valence electrons. The van der Waals surface area contributed by atoms with Crippen molar-refractivity contribution < 1.29 is 80.2 Å². The van der Waals surface area contributed by atoms with Gasteiger partial charge in [0.1, 0.15) is 19.3 Å². The second-order valence-electron chi connectivity index (χ2n) is 24.8. The number of allylic oxidation sites excluding steroid dienone is 4. The molecule has 0 aliphatic carbocycles. The smallest absolute Gasteiger partial charge is 0.462 e. The molecule has 7 atom stereocenters. The summed E-state index contributed by atoms with van der Waals surface area (Å²) in [6, 6.07) is 0. The van der Waals surface area contributed by atoms with Gasteiger partial charge in [0.15, 0.2) is 12.2 Å². The van der Waals surface area contributed by atoms with E-state index in [1.165, 1.54) is 96.3 Å². The second kappa shape index (κ2) is 58.6. The second-order valence-corrected chi connectivity index (χ2v) is 27.7. The fourth-order valence-electron chi connectivity index (χ4n) is 9.58. The van der Waals surface area contributed by atoms with Crippen LogP contribution in [0.15, 0.2) is 24.3 Å². The topological polar surface area (TPSA) is 237 Å². The van der Waals surface area contributed by atoms with Gasteiger partial charge in [-0.05, 0) is 69.1 Å². The van der Waals surface area contributed by atoms with Gasteiger partial charge in [0.2, 0.25) is 0 Å². The molecule has 0 aliphatic rings. The number of hydrogen-bond donors (Lipinski definition) is 3. The fraction of sp³-hybridized carbons (Fsp3) is 0.882. The van der Waals surface area contributed by atoms with Crippen molar-refractivity contribution in [2.45, 2.75) is 330 Å². The molecule has 0 saturated carbocycles. The van der Waals surface area contributed by atoms with Gasteiger partial charge in [0.05, 0.1) is 26.4 Å². The van der Waals surface area contributed by atoms with Gasteiger partial charge < -0.3 is 33.8 Å². The summed E-state index contributed by atoms with van der Waals surface area (Å²) in [4.78, 5) is 72.4. The first kappa shape index (κ1) is 84.5. The summed E-state index contributed by atoms with van der Waals surface area (Å²) in [7, 11) is -9.91. The number of carbonyl (C=O) groups excluding carboxylic acids is 4. The van der Waals surface area contributed by atoms with Crippen molar-refractivity contribution in [1.29, 1.82) is 0 Å². The van der Waals surface area contributed by atoms with Crippen LogP contribution in [0.1, 0.15) is 312 Å². The third kappa shape index (κ3) is 59.6. The summed E-state index contributed by atoms with van der Waals surface area (Å²) in [5.41, 5.74) is 0. The lowest BCUT2D eigenvalue weighted by Gasteiger charge is -2.21. The van der Waals surface area contributed by atoms with Crippen LogP contribution in [0.3, 0.4) is 0 Å². The first-order chi connectivity index (χ1) is 41.8. The highest BCUT2D eigenvalue weighted by molar-refractivity contribution is 7.47. The average molecular weight is 1280 g/mol. The Labute approximate surface area is 529 Å². The lowest BCUT2D eigenvalue weighted by molar-refractivity contribution is -0.161. The summed E-state index contributed by atoms with van der Waals surface area (Å²) in [6.07, 6.45) is 44.0. The molecule has 0 heterocycles. The minimum Gasteiger partial charge on any atom is -0.462 e. The number of aliphatic hydroxyl groups excluding tert-OH is 1. The Morgan fingerprint density at radius 1 is 0.379 bits per heavy atom. The van der Waals surface area contributed by atoms with Crippen molar-refractivity contribution in [3.63, 3.8) is 0 Å². The van der Waals surface area contributed by atoms with Gasteiger partial charge in [-0.1, -0.05) is 259 Å². The molecule has 0 spiro atoms. The number of aliphatic hydroxyl groups is 1. The molecular weight excluding hydrogens is 1150 g/mol. The molecule has 0 fully saturated rings. The molecule has 87 heavy (non-hydrogen) atoms. The fourth-order valence-corrected chi connectivity index (χ4v) is 11.2. The predicted octanol–water partition coefficient (Wildman–Crippen LogP) is 18.6. The van der Waals surface area contributed by atoms with Crippen LogP contribution in [-0.2, 0) is 65.4 Å². The average Bonchev–Trinajstić information content (AvgIpc) is 3.71. The zero-order valence-electron chi connectivity index (χ0n) is 56.0. The first-order valence-corrected chi connectivity index (χ1v) is 37.7. The lowest BCUT2D eigenvalue weighted by Crippen LogP contribution is -2.30. The van der Waals surface area contributed by atoms with Crippen LogP contribution >= 0.6 is 15.6 Å². The first-order valence-electron chi connectivity index (χ1n) is 34.7. The van der Waals surface area contributed by atoms with E-state index in [4.69, 9.17) is 37.0 Å². The number of esters is 4. The molecule has 0 saturated heterocycles. The van der Waals surface area contributed by atoms with Crippen LogP contribution in [0.5, 0.6) is 0 Å². The number of carbonyl (C=O) groups is 4. The summed E-state index contributed by atoms with van der Waals surface area (Å²) in [6.45, 7) is 11.6. The predicted molar refractivity (Wildman–Crippen MR) is 349 cm³/mol. The Kier molecular flexibility index (Phi) is 57.0. The molecule has 0 bridgehead atoms. The molecule has 3 N–H and O–H groups in total. The van der Waals surface area contributed by atoms with E-state index in [2.05, 4.69) is 72.8 Å². The molecule has 17 nitrogen and oxygen atoms in total. The van der Waals surface area contributed by atoms with Gasteiger partial charge in [0, 0.05) is 25.7 Å². The van der Waals surface area contributed by atoms with Gasteiger partial charge in [0.25, 0.3) is 0 Å². The van der Waals surface area contributed by atoms with Gasteiger partial charge in [-0.3, -0.25) is 37.3 Å². The minimum atomic E-state index is -4.96. The van der Waals surface area contributed by atoms with Gasteiger partial charge in [-0.25, -0.2) is 9.13 Å². The highest BCUT2D eigenvalue weighted by atomic mass is 31.2. The molecule has 0 rings (SSSR count). The summed E-state index contributed by atoms with van der Waals surface area (Å²) >= 11 is 0. The van der Waals surface area contributed by atoms with E-state index in [1.54, 1.807) is 0 Å². The summed E-state index contributed by atoms with van der Waals surface area (Å²) in [5, 5.41) is 10.6. The number of rotatable bonds is 64. The molecule has 0 aromatic rings. The van der Waals surface area contributed by atoms with Crippen molar-refractivity contribution in [3.8, 4) is 0 Å². The SMILES string of the molecule is CCCCCC/C=C\C=C/CCCCCCCC(=O)O[C@H](COC(=O)CCCCCCCCC(C)CC)COP(=O)(O)OC[C@H](O)COP(=O)(O)OC[C@@H](COC(=O)CCCCCCCCC(C)CC)OC(=O)CCCCCCCCCCCC(C)C. The third-order valence-corrected chi connectivity index (χ3v) is 17.6. The maximum atomic E-state index is 13.0. The van der Waals surface area contributed by atoms with Crippen molar-refractivity contribution in [3.05, 3.63) is 24.3 Å². The Morgan fingerprint density at radius 3 is 1.02 bits per heavy atom. The molecule has 0 amide bonds. The Morgan fingerprint density at radius 2 is 0.678 bits per heavy atom. The molecule has 0 aromatic carbocycles. The van der Waals surface area contributed by atoms with E-state index in [0.717, 1.165) is 133 Å². The van der Waals surface area contributed by atoms with Crippen molar-refractivity contribution >= 4 is 39.5 Å². The zero-order valence-corrected chi connectivity index (χ0v) is 57.7. The van der Waals surface area contributed by atoms with Crippen molar-refractivity contribution in [2.24, 2.45) is 17.8 Å². The normalized spacial score (nSPS) is 15.1. The summed E-state index contributed by atoms with van der Waals surface area (Å²) < 4.78 is 68.1. The van der Waals surface area contributed by atoms with Crippen molar-refractivity contribution in [2.75, 3.05) is 39.6 Å². The summed E-state index contributed by atoms with van der Waals surface area (Å²) in [5.74, 6) is 0.0280. The molecular formula is C68H128O17P2. The van der Waals surface area contributed by atoms with E-state index < -0.39 is 97.5 Å². The molecule has 0 aromatic heterocycles. The largest absolute Gasteiger partial charge is 0.472 e. The molecule has 19 heteroatoms.